The number of imide groups is 1. The van der Waals surface area contributed by atoms with E-state index in [-0.39, 0.29) is 16.7 Å². The zero-order valence-corrected chi connectivity index (χ0v) is 16.0. The van der Waals surface area contributed by atoms with Crippen molar-refractivity contribution in [2.45, 2.75) is 45.6 Å². The van der Waals surface area contributed by atoms with Crippen LogP contribution in [0.1, 0.15) is 49.8 Å². The lowest BCUT2D eigenvalue weighted by Crippen LogP contribution is -2.45. The highest BCUT2D eigenvalue weighted by Crippen LogP contribution is 2.44. The van der Waals surface area contributed by atoms with Crippen molar-refractivity contribution in [3.63, 3.8) is 0 Å². The Hall–Kier alpha value is -1.75. The molecule has 0 bridgehead atoms. The van der Waals surface area contributed by atoms with Crippen molar-refractivity contribution in [3.8, 4) is 0 Å². The minimum Gasteiger partial charge on any atom is -0.369 e. The summed E-state index contributed by atoms with van der Waals surface area (Å²) in [4.78, 5) is 27.8. The first-order valence-electron chi connectivity index (χ1n) is 8.22. The van der Waals surface area contributed by atoms with Gasteiger partial charge in [0.15, 0.2) is 0 Å². The third-order valence-electron chi connectivity index (χ3n) is 5.29. The maximum absolute atomic E-state index is 12.1. The molecule has 2 aliphatic rings. The summed E-state index contributed by atoms with van der Waals surface area (Å²) < 4.78 is 0. The SMILES string of the molecule is Cc1cc2c(cc1/C=C1\SC(=O)N(C)C1=O)C(C)CC(C)(C)N2C. The molecule has 2 amide bonds. The van der Waals surface area contributed by atoms with E-state index in [2.05, 4.69) is 51.8 Å². The van der Waals surface area contributed by atoms with Crippen LogP contribution in [0.25, 0.3) is 6.08 Å². The molecule has 24 heavy (non-hydrogen) atoms. The van der Waals surface area contributed by atoms with Crippen LogP contribution in [0.15, 0.2) is 17.0 Å². The number of carbonyl (C=O) groups excluding carboxylic acids is 2. The average Bonchev–Trinajstić information content (AvgIpc) is 2.73. The van der Waals surface area contributed by atoms with E-state index < -0.39 is 0 Å². The van der Waals surface area contributed by atoms with Crippen LogP contribution in [0.4, 0.5) is 10.5 Å². The van der Waals surface area contributed by atoms with Gasteiger partial charge in [-0.25, -0.2) is 0 Å². The highest BCUT2D eigenvalue weighted by atomic mass is 32.2. The van der Waals surface area contributed by atoms with Gasteiger partial charge in [-0.2, -0.15) is 0 Å². The van der Waals surface area contributed by atoms with Crippen LogP contribution in [-0.2, 0) is 4.79 Å². The number of fused-ring (bicyclic) bond motifs is 1. The first kappa shape index (κ1) is 17.1. The standard InChI is InChI=1S/C19H24N2O2S/c1-11-7-15-14(12(2)10-19(3,4)21(15)6)8-13(11)9-16-17(22)20(5)18(23)24-16/h7-9,12H,10H2,1-6H3/b16-9-. The Kier molecular flexibility index (Phi) is 4.03. The Morgan fingerprint density at radius 2 is 1.92 bits per heavy atom. The molecule has 1 aromatic carbocycles. The number of nitrogens with zero attached hydrogens (tertiary/aromatic N) is 2. The molecule has 0 aromatic heterocycles. The predicted molar refractivity (Wildman–Crippen MR) is 100 cm³/mol. The second-order valence-electron chi connectivity index (χ2n) is 7.48. The molecule has 0 saturated carbocycles. The monoisotopic (exact) mass is 344 g/mol. The van der Waals surface area contributed by atoms with Gasteiger partial charge in [-0.3, -0.25) is 14.5 Å². The number of carbonyl (C=O) groups is 2. The first-order chi connectivity index (χ1) is 11.1. The van der Waals surface area contributed by atoms with Crippen LogP contribution in [0.5, 0.6) is 0 Å². The topological polar surface area (TPSA) is 40.6 Å². The summed E-state index contributed by atoms with van der Waals surface area (Å²) in [5.74, 6) is 0.244. The zero-order chi connectivity index (χ0) is 17.8. The fraction of sp³-hybridized carbons (Fsp3) is 0.474. The first-order valence-corrected chi connectivity index (χ1v) is 9.03. The number of amides is 2. The Balaban J connectivity index is 2.06. The van der Waals surface area contributed by atoms with Crippen LogP contribution in [0.2, 0.25) is 0 Å². The summed E-state index contributed by atoms with van der Waals surface area (Å²) in [6, 6.07) is 4.39. The number of rotatable bonds is 1. The summed E-state index contributed by atoms with van der Waals surface area (Å²) >= 11 is 1.01. The van der Waals surface area contributed by atoms with E-state index in [9.17, 15) is 9.59 Å². The van der Waals surface area contributed by atoms with Gasteiger partial charge in [-0.1, -0.05) is 6.92 Å². The minimum atomic E-state index is -0.214. The Morgan fingerprint density at radius 1 is 1.25 bits per heavy atom. The van der Waals surface area contributed by atoms with Crippen molar-refractivity contribution in [1.29, 1.82) is 0 Å². The van der Waals surface area contributed by atoms with Gasteiger partial charge in [0.2, 0.25) is 0 Å². The lowest BCUT2D eigenvalue weighted by Gasteiger charge is -2.45. The number of likely N-dealkylation sites (N-methyl/N-ethyl adjacent to an activating group) is 1. The number of benzene rings is 1. The molecule has 0 radical (unpaired) electrons. The summed E-state index contributed by atoms with van der Waals surface area (Å²) in [7, 11) is 3.67. The molecule has 1 unspecified atom stereocenters. The van der Waals surface area contributed by atoms with Crippen LogP contribution in [-0.4, -0.2) is 35.7 Å². The highest BCUT2D eigenvalue weighted by Gasteiger charge is 2.35. The maximum atomic E-state index is 12.1. The largest absolute Gasteiger partial charge is 0.369 e. The van der Waals surface area contributed by atoms with Crippen LogP contribution in [0.3, 0.4) is 0 Å². The quantitative estimate of drug-likeness (QED) is 0.709. The van der Waals surface area contributed by atoms with E-state index in [1.54, 1.807) is 0 Å². The third kappa shape index (κ3) is 2.65. The van der Waals surface area contributed by atoms with Crippen molar-refractivity contribution in [2.24, 2.45) is 0 Å². The number of anilines is 1. The smallest absolute Gasteiger partial charge is 0.293 e. The Bertz CT molecular complexity index is 767. The van der Waals surface area contributed by atoms with Gasteiger partial charge < -0.3 is 4.90 Å². The Morgan fingerprint density at radius 3 is 2.50 bits per heavy atom. The van der Waals surface area contributed by atoms with Crippen LogP contribution >= 0.6 is 11.8 Å². The lowest BCUT2D eigenvalue weighted by molar-refractivity contribution is -0.121. The minimum absolute atomic E-state index is 0.130. The van der Waals surface area contributed by atoms with Crippen LogP contribution in [0, 0.1) is 6.92 Å². The maximum Gasteiger partial charge on any atom is 0.293 e. The number of hydrogen-bond acceptors (Lipinski definition) is 4. The van der Waals surface area contributed by atoms with E-state index in [1.807, 2.05) is 6.08 Å². The molecule has 3 rings (SSSR count). The molecule has 0 N–H and O–H groups in total. The lowest BCUT2D eigenvalue weighted by atomic mass is 9.79. The van der Waals surface area contributed by atoms with Gasteiger partial charge in [0.1, 0.15) is 0 Å². The van der Waals surface area contributed by atoms with Crippen molar-refractivity contribution in [3.05, 3.63) is 33.7 Å². The van der Waals surface area contributed by atoms with E-state index >= 15 is 0 Å². The summed E-state index contributed by atoms with van der Waals surface area (Å²) in [6.07, 6.45) is 2.95. The van der Waals surface area contributed by atoms with Crippen molar-refractivity contribution < 1.29 is 9.59 Å². The molecule has 2 heterocycles. The second-order valence-corrected chi connectivity index (χ2v) is 8.48. The third-order valence-corrected chi connectivity index (χ3v) is 6.26. The van der Waals surface area contributed by atoms with E-state index in [0.717, 1.165) is 29.3 Å². The van der Waals surface area contributed by atoms with Gasteiger partial charge in [-0.05, 0) is 79.8 Å². The number of hydrogen-bond donors (Lipinski definition) is 0. The van der Waals surface area contributed by atoms with Crippen molar-refractivity contribution >= 4 is 34.7 Å². The molecule has 128 valence electrons. The molecule has 1 fully saturated rings. The van der Waals surface area contributed by atoms with E-state index in [1.165, 1.54) is 23.2 Å². The van der Waals surface area contributed by atoms with Crippen molar-refractivity contribution in [2.75, 3.05) is 19.0 Å². The van der Waals surface area contributed by atoms with E-state index in [0.29, 0.717) is 10.8 Å². The fourth-order valence-electron chi connectivity index (χ4n) is 3.58. The molecular formula is C19H24N2O2S. The number of aryl methyl sites for hydroxylation is 1. The molecule has 1 saturated heterocycles. The van der Waals surface area contributed by atoms with E-state index in [4.69, 9.17) is 0 Å². The van der Waals surface area contributed by atoms with Gasteiger partial charge in [-0.15, -0.1) is 0 Å². The fourth-order valence-corrected chi connectivity index (χ4v) is 4.39. The molecule has 5 heteroatoms. The second kappa shape index (κ2) is 5.66. The summed E-state index contributed by atoms with van der Waals surface area (Å²) in [6.45, 7) is 8.86. The van der Waals surface area contributed by atoms with Gasteiger partial charge in [0.25, 0.3) is 11.1 Å². The van der Waals surface area contributed by atoms with Gasteiger partial charge in [0, 0.05) is 25.3 Å². The Labute approximate surface area is 147 Å². The highest BCUT2D eigenvalue weighted by molar-refractivity contribution is 8.18. The van der Waals surface area contributed by atoms with Crippen molar-refractivity contribution in [1.82, 2.24) is 4.90 Å². The molecule has 4 nitrogen and oxygen atoms in total. The molecule has 0 aliphatic carbocycles. The zero-order valence-electron chi connectivity index (χ0n) is 15.1. The summed E-state index contributed by atoms with van der Waals surface area (Å²) in [5.41, 5.74) is 4.84. The predicted octanol–water partition coefficient (Wildman–Crippen LogP) is 4.38. The van der Waals surface area contributed by atoms with Crippen LogP contribution < -0.4 is 4.90 Å². The molecule has 0 spiro atoms. The van der Waals surface area contributed by atoms with Gasteiger partial charge in [0.05, 0.1) is 4.91 Å². The average molecular weight is 344 g/mol. The molecular weight excluding hydrogens is 320 g/mol. The van der Waals surface area contributed by atoms with Gasteiger partial charge >= 0.3 is 0 Å². The molecule has 1 aromatic rings. The summed E-state index contributed by atoms with van der Waals surface area (Å²) in [5, 5.41) is -0.211. The molecule has 1 atom stereocenters. The normalized spacial score (nSPS) is 24.8. The number of thioether (sulfide) groups is 1. The molecule has 2 aliphatic heterocycles.